The monoisotopic (exact) mass is 301 g/mol. The van der Waals surface area contributed by atoms with Crippen molar-refractivity contribution in [2.24, 2.45) is 0 Å². The molecule has 8 heteroatoms. The molecule has 3 rings (SSSR count). The molecule has 0 saturated carbocycles. The number of nitrogens with zero attached hydrogens (tertiary/aromatic N) is 1. The molecule has 3 nitrogen and oxygen atoms in total. The average molecular weight is 301 g/mol. The smallest absolute Gasteiger partial charge is 0.277 e. The lowest BCUT2D eigenvalue weighted by Crippen LogP contribution is -2.22. The van der Waals surface area contributed by atoms with Crippen LogP contribution in [0.4, 0.5) is 22.0 Å². The molecule has 0 bridgehead atoms. The van der Waals surface area contributed by atoms with Crippen molar-refractivity contribution < 1.29 is 31.4 Å². The summed E-state index contributed by atoms with van der Waals surface area (Å²) in [6.07, 6.45) is 0. The van der Waals surface area contributed by atoms with E-state index in [1.54, 1.807) is 0 Å². The van der Waals surface area contributed by atoms with Gasteiger partial charge in [-0.3, -0.25) is 5.21 Å². The van der Waals surface area contributed by atoms with Gasteiger partial charge in [0.05, 0.1) is 15.9 Å². The van der Waals surface area contributed by atoms with Crippen LogP contribution in [0.5, 0.6) is 0 Å². The molecule has 0 spiro atoms. The van der Waals surface area contributed by atoms with Crippen LogP contribution in [0.2, 0.25) is 0 Å². The molecule has 108 valence electrons. The van der Waals surface area contributed by atoms with Gasteiger partial charge in [0.1, 0.15) is 5.76 Å². The Labute approximate surface area is 113 Å². The van der Waals surface area contributed by atoms with Crippen LogP contribution in [0, 0.1) is 34.3 Å². The van der Waals surface area contributed by atoms with E-state index in [0.29, 0.717) is 0 Å². The Hall–Kier alpha value is -2.64. The second-order valence-electron chi connectivity index (χ2n) is 4.14. The van der Waals surface area contributed by atoms with Crippen molar-refractivity contribution in [3.05, 3.63) is 58.6 Å². The summed E-state index contributed by atoms with van der Waals surface area (Å²) in [7, 11) is 0. The minimum atomic E-state index is -2.28. The molecule has 21 heavy (non-hydrogen) atoms. The number of para-hydroxylation sites is 1. The van der Waals surface area contributed by atoms with Crippen molar-refractivity contribution in [1.29, 1.82) is 0 Å². The van der Waals surface area contributed by atoms with E-state index in [1.807, 2.05) is 0 Å². The van der Waals surface area contributed by atoms with Crippen LogP contribution in [-0.4, -0.2) is 0 Å². The molecule has 1 aromatic heterocycles. The molecule has 0 radical (unpaired) electrons. The molecule has 0 N–H and O–H groups in total. The molecule has 1 heterocycles. The van der Waals surface area contributed by atoms with Gasteiger partial charge in [0.25, 0.3) is 5.52 Å². The Kier molecular flexibility index (Phi) is 2.82. The van der Waals surface area contributed by atoms with Gasteiger partial charge in [0.2, 0.25) is 5.82 Å². The number of aromatic nitrogens is 1. The standard InChI is InChI=1S/C13H4F5NO2/c14-8-7(9(15)11(17)12(18)10(8)16)13-5-3-1-2-4-6(5)19(20)21-13/h1-4H. The lowest BCUT2D eigenvalue weighted by Gasteiger charge is -2.06. The number of hydrogen-bond acceptors (Lipinski definition) is 2. The van der Waals surface area contributed by atoms with Crippen LogP contribution in [0.3, 0.4) is 0 Å². The third kappa shape index (κ3) is 1.75. The first-order valence-electron chi connectivity index (χ1n) is 5.57. The van der Waals surface area contributed by atoms with Gasteiger partial charge < -0.3 is 4.52 Å². The summed E-state index contributed by atoms with van der Waals surface area (Å²) in [5, 5.41) is 11.4. The highest BCUT2D eigenvalue weighted by Gasteiger charge is 2.29. The zero-order valence-electron chi connectivity index (χ0n) is 9.96. The van der Waals surface area contributed by atoms with Crippen molar-refractivity contribution in [1.82, 2.24) is 0 Å². The molecule has 0 atom stereocenters. The van der Waals surface area contributed by atoms with Gasteiger partial charge in [-0.2, -0.15) is 0 Å². The lowest BCUT2D eigenvalue weighted by atomic mass is 10.1. The summed E-state index contributed by atoms with van der Waals surface area (Å²) in [6.45, 7) is 0. The van der Waals surface area contributed by atoms with Gasteiger partial charge in [0.15, 0.2) is 23.3 Å². The Morgan fingerprint density at radius 2 is 1.33 bits per heavy atom. The minimum Gasteiger partial charge on any atom is -0.365 e. The quantitative estimate of drug-likeness (QED) is 0.299. The second-order valence-corrected chi connectivity index (χ2v) is 4.14. The largest absolute Gasteiger partial charge is 0.365 e. The fraction of sp³-hybridized carbons (Fsp3) is 0. The Bertz CT molecular complexity index is 846. The predicted octanol–water partition coefficient (Wildman–Crippen LogP) is 3.43. The van der Waals surface area contributed by atoms with Gasteiger partial charge in [-0.05, 0) is 6.07 Å². The Morgan fingerprint density at radius 3 is 1.95 bits per heavy atom. The molecule has 3 aromatic rings. The summed E-state index contributed by atoms with van der Waals surface area (Å²) in [6, 6.07) is 5.42. The summed E-state index contributed by atoms with van der Waals surface area (Å²) < 4.78 is 71.5. The second kappa shape index (κ2) is 4.44. The number of benzene rings is 2. The predicted molar refractivity (Wildman–Crippen MR) is 60.4 cm³/mol. The van der Waals surface area contributed by atoms with E-state index in [1.165, 1.54) is 24.3 Å². The number of rotatable bonds is 1. The maximum absolute atomic E-state index is 13.7. The Balaban J connectivity index is 2.44. The first-order valence-corrected chi connectivity index (χ1v) is 5.57. The molecule has 0 fully saturated rings. The van der Waals surface area contributed by atoms with Gasteiger partial charge in [-0.25, -0.2) is 22.0 Å². The van der Waals surface area contributed by atoms with Gasteiger partial charge in [-0.15, -0.1) is 0 Å². The topological polar surface area (TPSA) is 40.1 Å². The molecule has 0 aliphatic carbocycles. The van der Waals surface area contributed by atoms with E-state index in [2.05, 4.69) is 4.52 Å². The van der Waals surface area contributed by atoms with E-state index in [-0.39, 0.29) is 15.8 Å². The third-order valence-corrected chi connectivity index (χ3v) is 2.96. The van der Waals surface area contributed by atoms with E-state index < -0.39 is 40.4 Å². The van der Waals surface area contributed by atoms with Crippen LogP contribution in [0.25, 0.3) is 22.2 Å². The first-order chi connectivity index (χ1) is 9.93. The summed E-state index contributed by atoms with van der Waals surface area (Å²) in [5.74, 6) is -11.4. The average Bonchev–Trinajstić information content (AvgIpc) is 2.81. The van der Waals surface area contributed by atoms with Gasteiger partial charge in [-0.1, -0.05) is 12.1 Å². The molecular formula is C13H4F5NO2. The molecule has 0 saturated heterocycles. The van der Waals surface area contributed by atoms with E-state index in [0.717, 1.165) is 0 Å². The van der Waals surface area contributed by atoms with Crippen molar-refractivity contribution >= 4 is 10.9 Å². The Morgan fingerprint density at radius 1 is 0.810 bits per heavy atom. The zero-order chi connectivity index (χ0) is 15.3. The van der Waals surface area contributed by atoms with Gasteiger partial charge in [0, 0.05) is 6.07 Å². The first kappa shape index (κ1) is 13.3. The van der Waals surface area contributed by atoms with E-state index in [4.69, 9.17) is 0 Å². The van der Waals surface area contributed by atoms with Crippen LogP contribution in [0.15, 0.2) is 28.8 Å². The maximum Gasteiger partial charge on any atom is 0.277 e. The molecule has 0 amide bonds. The summed E-state index contributed by atoms with van der Waals surface area (Å²) in [5.41, 5.74) is -1.38. The lowest BCUT2D eigenvalue weighted by molar-refractivity contribution is -0.769. The zero-order valence-corrected chi connectivity index (χ0v) is 9.96. The van der Waals surface area contributed by atoms with Crippen molar-refractivity contribution in [3.8, 4) is 11.3 Å². The van der Waals surface area contributed by atoms with Crippen LogP contribution >= 0.6 is 0 Å². The molecular weight excluding hydrogens is 297 g/mol. The summed E-state index contributed by atoms with van der Waals surface area (Å²) in [4.78, 5) is -0.0668. The van der Waals surface area contributed by atoms with Crippen LogP contribution in [-0.2, 0) is 0 Å². The fourth-order valence-corrected chi connectivity index (χ4v) is 1.99. The van der Waals surface area contributed by atoms with Crippen molar-refractivity contribution in [3.63, 3.8) is 0 Å². The van der Waals surface area contributed by atoms with E-state index >= 15 is 0 Å². The van der Waals surface area contributed by atoms with Crippen LogP contribution < -0.4 is 4.90 Å². The maximum atomic E-state index is 13.7. The molecule has 0 aliphatic heterocycles. The highest BCUT2D eigenvalue weighted by molar-refractivity contribution is 5.89. The minimum absolute atomic E-state index is 0.0668. The summed E-state index contributed by atoms with van der Waals surface area (Å²) >= 11 is 0. The normalized spacial score (nSPS) is 11.3. The highest BCUT2D eigenvalue weighted by Crippen LogP contribution is 2.35. The number of halogens is 5. The number of hydrogen-bond donors (Lipinski definition) is 0. The molecule has 0 aliphatic rings. The van der Waals surface area contributed by atoms with E-state index in [9.17, 15) is 27.2 Å². The SMILES string of the molecule is [O-][n+]1oc(-c2c(F)c(F)c(F)c(F)c2F)c2ccccc21. The molecule has 2 aromatic carbocycles. The van der Waals surface area contributed by atoms with Crippen molar-refractivity contribution in [2.75, 3.05) is 0 Å². The fourth-order valence-electron chi connectivity index (χ4n) is 1.99. The third-order valence-electron chi connectivity index (χ3n) is 2.96. The van der Waals surface area contributed by atoms with Crippen LogP contribution in [0.1, 0.15) is 0 Å². The van der Waals surface area contributed by atoms with Crippen molar-refractivity contribution in [2.45, 2.75) is 0 Å². The number of fused-ring (bicyclic) bond motifs is 1. The van der Waals surface area contributed by atoms with Gasteiger partial charge >= 0.3 is 0 Å². The highest BCUT2D eigenvalue weighted by atomic mass is 19.2. The molecule has 0 unspecified atom stereocenters.